The van der Waals surface area contributed by atoms with Crippen LogP contribution in [0.3, 0.4) is 0 Å². The van der Waals surface area contributed by atoms with Crippen molar-refractivity contribution < 1.29 is 19.8 Å². The summed E-state index contributed by atoms with van der Waals surface area (Å²) in [4.78, 5) is 23.4. The highest BCUT2D eigenvalue weighted by molar-refractivity contribution is 9.10. The predicted octanol–water partition coefficient (Wildman–Crippen LogP) is 2.71. The zero-order chi connectivity index (χ0) is 16.4. The minimum atomic E-state index is -1.13. The molecule has 1 unspecified atom stereocenters. The van der Waals surface area contributed by atoms with E-state index < -0.39 is 18.0 Å². The molecule has 1 aromatic carbocycles. The van der Waals surface area contributed by atoms with Gasteiger partial charge in [0.2, 0.25) is 0 Å². The summed E-state index contributed by atoms with van der Waals surface area (Å²) >= 11 is 3.36. The number of nitrogens with zero attached hydrogens (tertiary/aromatic N) is 2. The lowest BCUT2D eigenvalue weighted by atomic mass is 10.0. The Bertz CT molecular complexity index is 644. The van der Waals surface area contributed by atoms with Gasteiger partial charge in [0.1, 0.15) is 5.70 Å². The number of aliphatic carboxylic acids is 2. The van der Waals surface area contributed by atoms with Crippen LogP contribution in [0.2, 0.25) is 0 Å². The van der Waals surface area contributed by atoms with Crippen molar-refractivity contribution in [2.75, 3.05) is 11.6 Å². The van der Waals surface area contributed by atoms with Gasteiger partial charge in [0.25, 0.3) is 0 Å². The molecule has 0 saturated heterocycles. The van der Waals surface area contributed by atoms with Gasteiger partial charge in [-0.1, -0.05) is 35.8 Å². The van der Waals surface area contributed by atoms with Gasteiger partial charge in [-0.15, -0.1) is 0 Å². The molecule has 22 heavy (non-hydrogen) atoms. The van der Waals surface area contributed by atoms with E-state index in [1.165, 1.54) is 5.01 Å². The third kappa shape index (κ3) is 2.74. The van der Waals surface area contributed by atoms with Crippen molar-refractivity contribution in [2.45, 2.75) is 26.3 Å². The second-order valence-corrected chi connectivity index (χ2v) is 5.74. The number of hydrogen-bond acceptors (Lipinski definition) is 4. The lowest BCUT2D eigenvalue weighted by Gasteiger charge is -2.32. The van der Waals surface area contributed by atoms with Crippen molar-refractivity contribution in [2.24, 2.45) is 0 Å². The predicted molar refractivity (Wildman–Crippen MR) is 85.4 cm³/mol. The van der Waals surface area contributed by atoms with Crippen molar-refractivity contribution >= 4 is 33.6 Å². The van der Waals surface area contributed by atoms with Crippen LogP contribution in [-0.2, 0) is 9.59 Å². The number of hydrazine groups is 1. The highest BCUT2D eigenvalue weighted by Gasteiger charge is 2.44. The second-order valence-electron chi connectivity index (χ2n) is 4.82. The van der Waals surface area contributed by atoms with Crippen molar-refractivity contribution in [3.8, 4) is 0 Å². The molecule has 1 aliphatic heterocycles. The average Bonchev–Trinajstić information content (AvgIpc) is 2.81. The molecule has 1 atom stereocenters. The van der Waals surface area contributed by atoms with E-state index in [1.807, 2.05) is 6.07 Å². The Labute approximate surface area is 136 Å². The van der Waals surface area contributed by atoms with Crippen LogP contribution in [0.5, 0.6) is 0 Å². The minimum Gasteiger partial charge on any atom is -0.480 e. The van der Waals surface area contributed by atoms with E-state index >= 15 is 0 Å². The first-order valence-corrected chi connectivity index (χ1v) is 7.73. The highest BCUT2D eigenvalue weighted by atomic mass is 79.9. The van der Waals surface area contributed by atoms with Crippen molar-refractivity contribution in [3.63, 3.8) is 0 Å². The van der Waals surface area contributed by atoms with E-state index in [9.17, 15) is 19.8 Å². The van der Waals surface area contributed by atoms with Gasteiger partial charge in [-0.25, -0.2) is 4.79 Å². The number of halogens is 1. The van der Waals surface area contributed by atoms with Gasteiger partial charge in [0.15, 0.2) is 6.04 Å². The van der Waals surface area contributed by atoms with Gasteiger partial charge >= 0.3 is 11.9 Å². The summed E-state index contributed by atoms with van der Waals surface area (Å²) in [6.45, 7) is 3.95. The first-order chi connectivity index (χ1) is 10.4. The topological polar surface area (TPSA) is 81.1 Å². The normalized spacial score (nSPS) is 18.9. The second kappa shape index (κ2) is 6.50. The van der Waals surface area contributed by atoms with Crippen LogP contribution in [0.25, 0.3) is 0 Å². The molecule has 0 amide bonds. The summed E-state index contributed by atoms with van der Waals surface area (Å²) in [5.41, 5.74) is 1.04. The van der Waals surface area contributed by atoms with Crippen LogP contribution in [0.15, 0.2) is 40.0 Å². The molecular weight excluding hydrogens is 352 g/mol. The molecule has 7 heteroatoms. The van der Waals surface area contributed by atoms with Crippen LogP contribution in [0.1, 0.15) is 20.3 Å². The fourth-order valence-electron chi connectivity index (χ4n) is 2.76. The first kappa shape index (κ1) is 16.5. The Morgan fingerprint density at radius 3 is 2.41 bits per heavy atom. The maximum atomic E-state index is 11.7. The number of anilines is 1. The fourth-order valence-corrected chi connectivity index (χ4v) is 3.15. The molecule has 1 heterocycles. The van der Waals surface area contributed by atoms with Gasteiger partial charge in [-0.2, -0.15) is 5.01 Å². The summed E-state index contributed by atoms with van der Waals surface area (Å²) in [6.07, 6.45) is 0.361. The third-order valence-corrected chi connectivity index (χ3v) is 4.09. The number of carbonyl (C=O) groups is 2. The first-order valence-electron chi connectivity index (χ1n) is 6.93. The molecule has 2 N–H and O–H groups in total. The zero-order valence-electron chi connectivity index (χ0n) is 12.3. The molecule has 0 bridgehead atoms. The largest absolute Gasteiger partial charge is 0.480 e. The number of carboxylic acid groups (broad SMARTS) is 2. The Balaban J connectivity index is 2.65. The van der Waals surface area contributed by atoms with Crippen molar-refractivity contribution in [3.05, 3.63) is 40.0 Å². The summed E-state index contributed by atoms with van der Waals surface area (Å²) in [5.74, 6) is -2.17. The smallest absolute Gasteiger partial charge is 0.354 e. The Hall–Kier alpha value is -1.86. The molecule has 6 nitrogen and oxygen atoms in total. The minimum absolute atomic E-state index is 0.0230. The maximum Gasteiger partial charge on any atom is 0.354 e. The lowest BCUT2D eigenvalue weighted by Crippen LogP contribution is -2.47. The lowest BCUT2D eigenvalue weighted by molar-refractivity contribution is -0.141. The molecule has 1 aliphatic rings. The number of hydrogen-bond donors (Lipinski definition) is 2. The van der Waals surface area contributed by atoms with Gasteiger partial charge in [-0.3, -0.25) is 9.80 Å². The summed E-state index contributed by atoms with van der Waals surface area (Å²) < 4.78 is 0.794. The van der Waals surface area contributed by atoms with Crippen molar-refractivity contribution in [1.82, 2.24) is 5.01 Å². The maximum absolute atomic E-state index is 11.7. The third-order valence-electron chi connectivity index (χ3n) is 3.60. The molecule has 0 aromatic heterocycles. The van der Waals surface area contributed by atoms with Gasteiger partial charge in [0.05, 0.1) is 5.69 Å². The molecule has 1 aromatic rings. The molecule has 0 saturated carbocycles. The van der Waals surface area contributed by atoms with Crippen LogP contribution in [-0.4, -0.2) is 39.7 Å². The quantitative estimate of drug-likeness (QED) is 0.831. The number of likely N-dealkylation sites (N-methyl/N-ethyl adjacent to an activating group) is 1. The van der Waals surface area contributed by atoms with Crippen LogP contribution < -0.4 is 5.01 Å². The molecule has 0 aliphatic carbocycles. The van der Waals surface area contributed by atoms with Gasteiger partial charge in [0, 0.05) is 11.0 Å². The Morgan fingerprint density at radius 1 is 1.27 bits per heavy atom. The van der Waals surface area contributed by atoms with Crippen LogP contribution >= 0.6 is 15.9 Å². The fraction of sp³-hybridized carbons (Fsp3) is 0.333. The average molecular weight is 369 g/mol. The Kier molecular flexibility index (Phi) is 4.87. The summed E-state index contributed by atoms with van der Waals surface area (Å²) in [5, 5.41) is 22.2. The van der Waals surface area contributed by atoms with Gasteiger partial charge < -0.3 is 10.2 Å². The SMILES string of the molecule is CCC1=C(C(=O)O)N(c2cccc(Br)c2)N(CC)C1C(=O)O. The number of rotatable bonds is 5. The standard InChI is InChI=1S/C15H17BrN2O4/c1-3-11-12(14(19)20)17(4-2)18(13(11)15(21)22)10-7-5-6-9(16)8-10/h5-8,12H,3-4H2,1-2H3,(H,19,20)(H,21,22). The van der Waals surface area contributed by atoms with E-state index in [0.29, 0.717) is 24.2 Å². The van der Waals surface area contributed by atoms with Crippen LogP contribution in [0, 0.1) is 0 Å². The zero-order valence-corrected chi connectivity index (χ0v) is 13.9. The van der Waals surface area contributed by atoms with E-state index in [-0.39, 0.29) is 5.70 Å². The summed E-state index contributed by atoms with van der Waals surface area (Å²) in [6, 6.07) is 6.18. The van der Waals surface area contributed by atoms with E-state index in [0.717, 1.165) is 4.47 Å². The monoisotopic (exact) mass is 368 g/mol. The van der Waals surface area contributed by atoms with Gasteiger partial charge in [-0.05, 0) is 30.2 Å². The van der Waals surface area contributed by atoms with Crippen molar-refractivity contribution in [1.29, 1.82) is 0 Å². The van der Waals surface area contributed by atoms with Crippen LogP contribution in [0.4, 0.5) is 5.69 Å². The number of carboxylic acids is 2. The van der Waals surface area contributed by atoms with E-state index in [2.05, 4.69) is 15.9 Å². The summed E-state index contributed by atoms with van der Waals surface area (Å²) in [7, 11) is 0. The molecule has 0 spiro atoms. The van der Waals surface area contributed by atoms with E-state index in [1.54, 1.807) is 37.1 Å². The Morgan fingerprint density at radius 2 is 1.95 bits per heavy atom. The van der Waals surface area contributed by atoms with E-state index in [4.69, 9.17) is 0 Å². The molecule has 118 valence electrons. The molecule has 0 fully saturated rings. The number of benzene rings is 1. The highest BCUT2D eigenvalue weighted by Crippen LogP contribution is 2.36. The molecular formula is C15H17BrN2O4. The molecule has 0 radical (unpaired) electrons. The molecule has 2 rings (SSSR count).